The number of hydrazone groups is 1. The molecule has 0 saturated carbocycles. The van der Waals surface area contributed by atoms with Gasteiger partial charge in [-0.2, -0.15) is 5.10 Å². The largest absolute Gasteiger partial charge is 0.291 e. The number of hydrogen-bond donors (Lipinski definition) is 1. The summed E-state index contributed by atoms with van der Waals surface area (Å²) in [7, 11) is 0. The van der Waals surface area contributed by atoms with Crippen molar-refractivity contribution in [3.8, 4) is 0 Å². The Hall–Kier alpha value is -1.60. The standard InChI is InChI=1S/C10H7BrN4OS/c11-9-2-1-7(17-9)5-14-15-10(16)8-6-12-3-4-13-8/h1-6H,(H,15,16). The number of aromatic nitrogens is 2. The van der Waals surface area contributed by atoms with Crippen LogP contribution in [0.25, 0.3) is 0 Å². The van der Waals surface area contributed by atoms with E-state index in [9.17, 15) is 4.79 Å². The van der Waals surface area contributed by atoms with Crippen molar-refractivity contribution in [1.82, 2.24) is 15.4 Å². The van der Waals surface area contributed by atoms with E-state index in [1.165, 1.54) is 29.9 Å². The van der Waals surface area contributed by atoms with Gasteiger partial charge in [-0.15, -0.1) is 11.3 Å². The third-order valence-corrected chi connectivity index (χ3v) is 3.31. The molecule has 86 valence electrons. The molecule has 0 aromatic carbocycles. The highest BCUT2D eigenvalue weighted by molar-refractivity contribution is 9.11. The first-order valence-electron chi connectivity index (χ1n) is 4.60. The van der Waals surface area contributed by atoms with Gasteiger partial charge in [0.15, 0.2) is 0 Å². The zero-order valence-electron chi connectivity index (χ0n) is 8.50. The van der Waals surface area contributed by atoms with Crippen LogP contribution < -0.4 is 5.43 Å². The number of amides is 1. The topological polar surface area (TPSA) is 67.2 Å². The van der Waals surface area contributed by atoms with Crippen molar-refractivity contribution in [2.24, 2.45) is 5.10 Å². The van der Waals surface area contributed by atoms with Crippen LogP contribution in [0.15, 0.2) is 39.6 Å². The van der Waals surface area contributed by atoms with Crippen molar-refractivity contribution in [3.63, 3.8) is 0 Å². The van der Waals surface area contributed by atoms with E-state index in [4.69, 9.17) is 0 Å². The Labute approximate surface area is 110 Å². The summed E-state index contributed by atoms with van der Waals surface area (Å²) in [6, 6.07) is 3.81. The van der Waals surface area contributed by atoms with Crippen LogP contribution in [-0.4, -0.2) is 22.1 Å². The van der Waals surface area contributed by atoms with Crippen LogP contribution in [0.3, 0.4) is 0 Å². The van der Waals surface area contributed by atoms with Crippen LogP contribution in [0, 0.1) is 0 Å². The van der Waals surface area contributed by atoms with E-state index in [1.54, 1.807) is 6.21 Å². The Morgan fingerprint density at radius 3 is 3.00 bits per heavy atom. The summed E-state index contributed by atoms with van der Waals surface area (Å²) in [6.07, 6.45) is 5.91. The molecule has 0 atom stereocenters. The average molecular weight is 311 g/mol. The minimum atomic E-state index is -0.384. The van der Waals surface area contributed by atoms with Gasteiger partial charge in [0.1, 0.15) is 5.69 Å². The second-order valence-corrected chi connectivity index (χ2v) is 5.43. The van der Waals surface area contributed by atoms with E-state index in [2.05, 4.69) is 36.4 Å². The molecule has 1 amide bonds. The van der Waals surface area contributed by atoms with E-state index in [0.29, 0.717) is 0 Å². The Morgan fingerprint density at radius 1 is 1.47 bits per heavy atom. The maximum Gasteiger partial charge on any atom is 0.291 e. The first kappa shape index (κ1) is 11.9. The second-order valence-electron chi connectivity index (χ2n) is 2.93. The van der Waals surface area contributed by atoms with Gasteiger partial charge in [0.25, 0.3) is 5.91 Å². The Kier molecular flexibility index (Phi) is 3.94. The van der Waals surface area contributed by atoms with Gasteiger partial charge in [-0.1, -0.05) is 0 Å². The van der Waals surface area contributed by atoms with Gasteiger partial charge in [-0.05, 0) is 28.1 Å². The lowest BCUT2D eigenvalue weighted by molar-refractivity contribution is 0.0950. The molecule has 17 heavy (non-hydrogen) atoms. The smallest absolute Gasteiger partial charge is 0.265 e. The summed E-state index contributed by atoms with van der Waals surface area (Å²) in [5.41, 5.74) is 2.61. The summed E-state index contributed by atoms with van der Waals surface area (Å²) >= 11 is 4.86. The molecule has 0 saturated heterocycles. The molecule has 2 rings (SSSR count). The predicted molar refractivity (Wildman–Crippen MR) is 69.1 cm³/mol. The fourth-order valence-corrected chi connectivity index (χ4v) is 2.32. The van der Waals surface area contributed by atoms with Gasteiger partial charge in [-0.25, -0.2) is 10.4 Å². The van der Waals surface area contributed by atoms with Crippen LogP contribution in [-0.2, 0) is 0 Å². The Balaban J connectivity index is 1.95. The monoisotopic (exact) mass is 310 g/mol. The minimum absolute atomic E-state index is 0.233. The molecule has 2 aromatic rings. The third kappa shape index (κ3) is 3.43. The molecule has 5 nitrogen and oxygen atoms in total. The molecule has 2 aromatic heterocycles. The molecule has 1 N–H and O–H groups in total. The van der Waals surface area contributed by atoms with E-state index < -0.39 is 0 Å². The highest BCUT2D eigenvalue weighted by atomic mass is 79.9. The fraction of sp³-hybridized carbons (Fsp3) is 0. The average Bonchev–Trinajstić information content (AvgIpc) is 2.76. The van der Waals surface area contributed by atoms with Gasteiger partial charge >= 0.3 is 0 Å². The molecule has 0 aliphatic rings. The van der Waals surface area contributed by atoms with Crippen LogP contribution >= 0.6 is 27.3 Å². The number of carbonyl (C=O) groups excluding carboxylic acids is 1. The van der Waals surface area contributed by atoms with E-state index >= 15 is 0 Å². The van der Waals surface area contributed by atoms with Gasteiger partial charge in [-0.3, -0.25) is 9.78 Å². The molecular formula is C10H7BrN4OS. The number of rotatable bonds is 3. The van der Waals surface area contributed by atoms with Crippen LogP contribution in [0.4, 0.5) is 0 Å². The summed E-state index contributed by atoms with van der Waals surface area (Å²) in [6.45, 7) is 0. The first-order valence-corrected chi connectivity index (χ1v) is 6.21. The van der Waals surface area contributed by atoms with Gasteiger partial charge in [0.05, 0.1) is 16.2 Å². The zero-order chi connectivity index (χ0) is 12.1. The molecule has 0 radical (unpaired) electrons. The molecule has 0 bridgehead atoms. The van der Waals surface area contributed by atoms with E-state index in [1.807, 2.05) is 12.1 Å². The van der Waals surface area contributed by atoms with Crippen molar-refractivity contribution in [3.05, 3.63) is 45.1 Å². The maximum absolute atomic E-state index is 11.5. The molecule has 0 unspecified atom stereocenters. The third-order valence-electron chi connectivity index (χ3n) is 1.75. The highest BCUT2D eigenvalue weighted by Gasteiger charge is 2.04. The lowest BCUT2D eigenvalue weighted by atomic mass is 10.4. The quantitative estimate of drug-likeness (QED) is 0.697. The number of carbonyl (C=O) groups is 1. The highest BCUT2D eigenvalue weighted by Crippen LogP contribution is 2.20. The maximum atomic E-state index is 11.5. The lowest BCUT2D eigenvalue weighted by Gasteiger charge is -1.96. The molecule has 2 heterocycles. The van der Waals surface area contributed by atoms with Crippen LogP contribution in [0.1, 0.15) is 15.4 Å². The van der Waals surface area contributed by atoms with Crippen molar-refractivity contribution >= 4 is 39.4 Å². The molecular weight excluding hydrogens is 304 g/mol. The molecule has 0 spiro atoms. The van der Waals surface area contributed by atoms with Gasteiger partial charge < -0.3 is 0 Å². The van der Waals surface area contributed by atoms with Crippen molar-refractivity contribution in [2.75, 3.05) is 0 Å². The zero-order valence-corrected chi connectivity index (χ0v) is 10.9. The normalized spacial score (nSPS) is 10.6. The number of nitrogens with zero attached hydrogens (tertiary/aromatic N) is 3. The summed E-state index contributed by atoms with van der Waals surface area (Å²) in [5.74, 6) is -0.384. The van der Waals surface area contributed by atoms with Crippen molar-refractivity contribution < 1.29 is 4.79 Å². The van der Waals surface area contributed by atoms with E-state index in [0.717, 1.165) is 8.66 Å². The lowest BCUT2D eigenvalue weighted by Crippen LogP contribution is -2.18. The first-order chi connectivity index (χ1) is 8.25. The van der Waals surface area contributed by atoms with E-state index in [-0.39, 0.29) is 11.6 Å². The number of thiophene rings is 1. The molecule has 0 fully saturated rings. The van der Waals surface area contributed by atoms with Gasteiger partial charge in [0, 0.05) is 17.3 Å². The SMILES string of the molecule is O=C(NN=Cc1ccc(Br)s1)c1cnccn1. The number of nitrogens with one attached hydrogen (secondary N) is 1. The Bertz CT molecular complexity index is 540. The van der Waals surface area contributed by atoms with Crippen LogP contribution in [0.2, 0.25) is 0 Å². The second kappa shape index (κ2) is 5.65. The fourth-order valence-electron chi connectivity index (χ4n) is 1.03. The number of hydrogen-bond acceptors (Lipinski definition) is 5. The summed E-state index contributed by atoms with van der Waals surface area (Å²) in [5, 5.41) is 3.83. The van der Waals surface area contributed by atoms with Crippen LogP contribution in [0.5, 0.6) is 0 Å². The predicted octanol–water partition coefficient (Wildman–Crippen LogP) is 2.06. The Morgan fingerprint density at radius 2 is 2.35 bits per heavy atom. The summed E-state index contributed by atoms with van der Waals surface area (Å²) in [4.78, 5) is 20.1. The van der Waals surface area contributed by atoms with Crippen molar-refractivity contribution in [1.29, 1.82) is 0 Å². The molecule has 0 aliphatic carbocycles. The van der Waals surface area contributed by atoms with Gasteiger partial charge in [0.2, 0.25) is 0 Å². The summed E-state index contributed by atoms with van der Waals surface area (Å²) < 4.78 is 1.01. The molecule has 0 aliphatic heterocycles. The minimum Gasteiger partial charge on any atom is -0.265 e. The van der Waals surface area contributed by atoms with Crippen molar-refractivity contribution in [2.45, 2.75) is 0 Å². The molecule has 7 heteroatoms. The number of halogens is 1.